The number of halogens is 3. The van der Waals surface area contributed by atoms with Gasteiger partial charge in [0, 0.05) is 47.3 Å². The number of nitrogens with zero attached hydrogens (tertiary/aromatic N) is 3. The van der Waals surface area contributed by atoms with Crippen LogP contribution in [-0.4, -0.2) is 52.0 Å². The summed E-state index contributed by atoms with van der Waals surface area (Å²) in [5.74, 6) is -1.36. The summed E-state index contributed by atoms with van der Waals surface area (Å²) < 4.78 is 66.3. The van der Waals surface area contributed by atoms with E-state index >= 15 is 0 Å². The van der Waals surface area contributed by atoms with Gasteiger partial charge in [-0.3, -0.25) is 14.9 Å². The first-order chi connectivity index (χ1) is 18.4. The summed E-state index contributed by atoms with van der Waals surface area (Å²) in [6.45, 7) is 1.85. The van der Waals surface area contributed by atoms with Crippen LogP contribution in [0.2, 0.25) is 0 Å². The van der Waals surface area contributed by atoms with Crippen LogP contribution in [0.25, 0.3) is 22.3 Å². The van der Waals surface area contributed by atoms with Crippen LogP contribution < -0.4 is 5.32 Å². The van der Waals surface area contributed by atoms with Crippen LogP contribution in [0.15, 0.2) is 54.9 Å². The fraction of sp³-hybridized carbons (Fsp3) is 0.333. The number of hydrogen-bond acceptors (Lipinski definition) is 6. The maximum absolute atomic E-state index is 13.9. The second kappa shape index (κ2) is 10.1. The maximum atomic E-state index is 13.9. The number of aryl methyl sites for hydroxylation is 1. The number of alkyl halides is 3. The summed E-state index contributed by atoms with van der Waals surface area (Å²) in [5.41, 5.74) is 2.00. The number of amides is 1. The van der Waals surface area contributed by atoms with Gasteiger partial charge in [-0.1, -0.05) is 18.2 Å². The van der Waals surface area contributed by atoms with Gasteiger partial charge < -0.3 is 5.32 Å². The average Bonchev–Trinajstić information content (AvgIpc) is 3.31. The highest BCUT2D eigenvalue weighted by atomic mass is 32.2. The first-order valence-electron chi connectivity index (χ1n) is 12.3. The third kappa shape index (κ3) is 5.51. The van der Waals surface area contributed by atoms with E-state index in [1.165, 1.54) is 24.4 Å². The Bertz CT molecular complexity index is 1650. The molecule has 2 N–H and O–H groups in total. The molecule has 3 aromatic heterocycles. The van der Waals surface area contributed by atoms with Gasteiger partial charge in [-0.05, 0) is 56.0 Å². The number of H-pyrrole nitrogens is 1. The largest absolute Gasteiger partial charge is 0.416 e. The van der Waals surface area contributed by atoms with Crippen molar-refractivity contribution >= 4 is 26.8 Å². The lowest BCUT2D eigenvalue weighted by Crippen LogP contribution is -2.45. The summed E-state index contributed by atoms with van der Waals surface area (Å²) >= 11 is 0. The number of pyridine rings is 2. The molecule has 0 bridgehead atoms. The monoisotopic (exact) mass is 557 g/mol. The van der Waals surface area contributed by atoms with Crippen molar-refractivity contribution in [3.05, 3.63) is 77.2 Å². The highest BCUT2D eigenvalue weighted by Crippen LogP contribution is 2.42. The molecule has 1 amide bonds. The zero-order valence-electron chi connectivity index (χ0n) is 21.2. The fourth-order valence-electron chi connectivity index (χ4n) is 5.31. The summed E-state index contributed by atoms with van der Waals surface area (Å²) in [7, 11) is -3.49. The Hall–Kier alpha value is -3.80. The zero-order valence-corrected chi connectivity index (χ0v) is 22.0. The molecule has 0 spiro atoms. The molecule has 39 heavy (non-hydrogen) atoms. The molecule has 3 atom stereocenters. The van der Waals surface area contributed by atoms with Crippen molar-refractivity contribution < 1.29 is 26.4 Å². The molecule has 0 saturated heterocycles. The van der Waals surface area contributed by atoms with Crippen LogP contribution in [-0.2, 0) is 16.0 Å². The first-order valence-corrected chi connectivity index (χ1v) is 14.3. The molecule has 1 aliphatic rings. The van der Waals surface area contributed by atoms with Crippen LogP contribution in [0.5, 0.6) is 0 Å². The molecule has 1 aromatic carbocycles. The molecule has 204 valence electrons. The van der Waals surface area contributed by atoms with Gasteiger partial charge in [0.25, 0.3) is 5.91 Å². The van der Waals surface area contributed by atoms with Crippen LogP contribution in [0.3, 0.4) is 0 Å². The highest BCUT2D eigenvalue weighted by molar-refractivity contribution is 7.91. The molecule has 0 radical (unpaired) electrons. The Labute approximate surface area is 223 Å². The van der Waals surface area contributed by atoms with Crippen molar-refractivity contribution in [1.82, 2.24) is 25.5 Å². The van der Waals surface area contributed by atoms with Gasteiger partial charge in [-0.15, -0.1) is 0 Å². The number of nitrogens with one attached hydrogen (secondary N) is 2. The van der Waals surface area contributed by atoms with Gasteiger partial charge in [0.15, 0.2) is 5.65 Å². The summed E-state index contributed by atoms with van der Waals surface area (Å²) in [4.78, 5) is 21.9. The minimum absolute atomic E-state index is 0.0256. The number of hydrogen-bond donors (Lipinski definition) is 2. The second-order valence-electron chi connectivity index (χ2n) is 9.91. The fourth-order valence-corrected chi connectivity index (χ4v) is 6.43. The van der Waals surface area contributed by atoms with Crippen LogP contribution in [0, 0.1) is 6.92 Å². The van der Waals surface area contributed by atoms with Crippen LogP contribution in [0.4, 0.5) is 13.2 Å². The summed E-state index contributed by atoms with van der Waals surface area (Å²) in [5, 5.41) is 9.86. The van der Waals surface area contributed by atoms with E-state index in [0.29, 0.717) is 16.7 Å². The van der Waals surface area contributed by atoms with Crippen molar-refractivity contribution in [3.63, 3.8) is 0 Å². The van der Waals surface area contributed by atoms with E-state index in [4.69, 9.17) is 0 Å². The Morgan fingerprint density at radius 1 is 1.10 bits per heavy atom. The molecule has 5 rings (SSSR count). The SMILES string of the molecule is Cc1cc(-c2n[nH]c3ncc(C(=O)N[C@H]4CCC(S(C)(=O)=O)C[C@@H]4c4ccccc4C(F)(F)F)cc23)ccn1. The quantitative estimate of drug-likeness (QED) is 0.363. The summed E-state index contributed by atoms with van der Waals surface area (Å²) in [6.07, 6.45) is -0.0824. The molecule has 12 heteroatoms. The number of fused-ring (bicyclic) bond motifs is 1. The number of aromatic nitrogens is 4. The highest BCUT2D eigenvalue weighted by Gasteiger charge is 2.41. The smallest absolute Gasteiger partial charge is 0.349 e. The van der Waals surface area contributed by atoms with Gasteiger partial charge in [0.05, 0.1) is 16.4 Å². The molecule has 3 heterocycles. The van der Waals surface area contributed by atoms with Crippen molar-refractivity contribution in [2.45, 2.75) is 49.6 Å². The number of carbonyl (C=O) groups excluding carboxylic acids is 1. The van der Waals surface area contributed by atoms with Crippen molar-refractivity contribution in [1.29, 1.82) is 0 Å². The number of aromatic amines is 1. The predicted octanol–water partition coefficient (Wildman–Crippen LogP) is 4.83. The molecule has 4 aromatic rings. The van der Waals surface area contributed by atoms with Crippen molar-refractivity contribution in [2.24, 2.45) is 0 Å². The van der Waals surface area contributed by atoms with Crippen molar-refractivity contribution in [2.75, 3.05) is 6.26 Å². The Morgan fingerprint density at radius 2 is 1.87 bits per heavy atom. The predicted molar refractivity (Wildman–Crippen MR) is 140 cm³/mol. The Kier molecular flexibility index (Phi) is 6.91. The second-order valence-corrected chi connectivity index (χ2v) is 12.2. The van der Waals surface area contributed by atoms with E-state index in [2.05, 4.69) is 25.5 Å². The zero-order chi connectivity index (χ0) is 27.9. The number of carbonyl (C=O) groups is 1. The number of sulfone groups is 1. The van der Waals surface area contributed by atoms with Gasteiger partial charge in [0.2, 0.25) is 0 Å². The third-order valence-electron chi connectivity index (χ3n) is 7.24. The summed E-state index contributed by atoms with van der Waals surface area (Å²) in [6, 6.07) is 9.70. The number of benzene rings is 1. The molecule has 1 aliphatic carbocycles. The minimum atomic E-state index is -4.62. The third-order valence-corrected chi connectivity index (χ3v) is 8.88. The molecule has 1 saturated carbocycles. The Balaban J connectivity index is 1.48. The van der Waals surface area contributed by atoms with Crippen LogP contribution in [0.1, 0.15) is 52.4 Å². The first kappa shape index (κ1) is 26.8. The van der Waals surface area contributed by atoms with E-state index in [1.807, 2.05) is 13.0 Å². The number of rotatable bonds is 5. The van der Waals surface area contributed by atoms with Crippen molar-refractivity contribution in [3.8, 4) is 11.3 Å². The minimum Gasteiger partial charge on any atom is -0.349 e. The van der Waals surface area contributed by atoms with Gasteiger partial charge in [0.1, 0.15) is 15.5 Å². The molecular formula is C27H26F3N5O3S. The van der Waals surface area contributed by atoms with Gasteiger partial charge in [-0.25, -0.2) is 13.4 Å². The van der Waals surface area contributed by atoms with Crippen LogP contribution >= 0.6 is 0 Å². The van der Waals surface area contributed by atoms with E-state index in [9.17, 15) is 26.4 Å². The molecule has 1 fully saturated rings. The normalized spacial score (nSPS) is 20.2. The molecule has 0 aliphatic heterocycles. The van der Waals surface area contributed by atoms with E-state index < -0.39 is 44.7 Å². The lowest BCUT2D eigenvalue weighted by molar-refractivity contribution is -0.138. The van der Waals surface area contributed by atoms with Gasteiger partial charge in [-0.2, -0.15) is 18.3 Å². The lowest BCUT2D eigenvalue weighted by atomic mass is 9.78. The molecular weight excluding hydrogens is 531 g/mol. The van der Waals surface area contributed by atoms with E-state index in [0.717, 1.165) is 23.6 Å². The molecule has 8 nitrogen and oxygen atoms in total. The van der Waals surface area contributed by atoms with E-state index in [-0.39, 0.29) is 30.4 Å². The Morgan fingerprint density at radius 3 is 2.59 bits per heavy atom. The molecule has 1 unspecified atom stereocenters. The van der Waals surface area contributed by atoms with Gasteiger partial charge >= 0.3 is 6.18 Å². The lowest BCUT2D eigenvalue weighted by Gasteiger charge is -2.37. The topological polar surface area (TPSA) is 118 Å². The van der Waals surface area contributed by atoms with E-state index in [1.54, 1.807) is 18.3 Å². The standard InChI is InChI=1S/C27H26F3N5O3S/c1-15-11-16(9-10-31-15)24-21-12-17(14-32-25(21)35-34-24)26(36)33-23-8-7-18(39(2,37)38)13-20(23)19-5-3-4-6-22(19)27(28,29)30/h3-6,9-12,14,18,20,23H,7-8,13H2,1-2H3,(H,33,36)(H,32,34,35)/t18?,20-,23+/m1/s1. The maximum Gasteiger partial charge on any atom is 0.416 e. The average molecular weight is 558 g/mol.